The fourth-order valence-electron chi connectivity index (χ4n) is 3.09. The maximum absolute atomic E-state index is 14.0. The molecule has 0 aromatic heterocycles. The van der Waals surface area contributed by atoms with Crippen LogP contribution in [0.5, 0.6) is 0 Å². The van der Waals surface area contributed by atoms with Crippen LogP contribution in [0.3, 0.4) is 0 Å². The van der Waals surface area contributed by atoms with Crippen molar-refractivity contribution in [3.05, 3.63) is 71.8 Å². The number of rotatable bonds is 2. The number of piperidine rings is 1. The van der Waals surface area contributed by atoms with E-state index in [9.17, 15) is 4.39 Å². The minimum Gasteiger partial charge on any atom is -0.313 e. The number of benzene rings is 2. The molecule has 1 heterocycles. The summed E-state index contributed by atoms with van der Waals surface area (Å²) in [6.07, 6.45) is -0.247. The van der Waals surface area contributed by atoms with E-state index < -0.39 is 6.17 Å². The Balaban J connectivity index is 2.11. The van der Waals surface area contributed by atoms with Crippen LogP contribution in [0.1, 0.15) is 17.5 Å². The average Bonchev–Trinajstić information content (AvgIpc) is 2.49. The van der Waals surface area contributed by atoms with Gasteiger partial charge < -0.3 is 5.32 Å². The molecular weight excluding hydrogens is 237 g/mol. The Kier molecular flexibility index (Phi) is 3.34. The van der Waals surface area contributed by atoms with E-state index in [1.807, 2.05) is 36.4 Å². The third-order valence-corrected chi connectivity index (χ3v) is 4.02. The smallest absolute Gasteiger partial charge is 0.114 e. The number of hydrogen-bond acceptors (Lipinski definition) is 1. The predicted molar refractivity (Wildman–Crippen MR) is 76.0 cm³/mol. The molecule has 1 unspecified atom stereocenters. The molecule has 0 aliphatic carbocycles. The lowest BCUT2D eigenvalue weighted by molar-refractivity contribution is 0.208. The fraction of sp³-hybridized carbons (Fsp3) is 0.294. The summed E-state index contributed by atoms with van der Waals surface area (Å²) in [4.78, 5) is 0. The second kappa shape index (κ2) is 5.14. The van der Waals surface area contributed by atoms with Gasteiger partial charge in [0.2, 0.25) is 0 Å². The Morgan fingerprint density at radius 2 is 1.42 bits per heavy atom. The van der Waals surface area contributed by atoms with Crippen molar-refractivity contribution in [2.45, 2.75) is 18.0 Å². The molecule has 1 saturated heterocycles. The molecule has 1 fully saturated rings. The normalized spacial score (nSPS) is 22.1. The van der Waals surface area contributed by atoms with E-state index in [1.165, 1.54) is 11.1 Å². The minimum absolute atomic E-state index is 0.250. The van der Waals surface area contributed by atoms with Crippen LogP contribution in [0.15, 0.2) is 60.7 Å². The minimum atomic E-state index is -0.797. The Morgan fingerprint density at radius 1 is 0.895 bits per heavy atom. The van der Waals surface area contributed by atoms with Gasteiger partial charge in [0.15, 0.2) is 0 Å². The monoisotopic (exact) mass is 255 g/mol. The highest BCUT2D eigenvalue weighted by atomic mass is 19.1. The van der Waals surface area contributed by atoms with Crippen LogP contribution in [-0.4, -0.2) is 19.3 Å². The topological polar surface area (TPSA) is 12.0 Å². The standard InChI is InChI=1S/C17H18FN/c18-16-11-17(13-19-12-16,14-7-3-1-4-8-14)15-9-5-2-6-10-15/h1-10,16,19H,11-13H2. The van der Waals surface area contributed by atoms with Crippen molar-refractivity contribution in [1.29, 1.82) is 0 Å². The van der Waals surface area contributed by atoms with Crippen LogP contribution in [0.25, 0.3) is 0 Å². The lowest BCUT2D eigenvalue weighted by Crippen LogP contribution is -2.49. The summed E-state index contributed by atoms with van der Waals surface area (Å²) in [7, 11) is 0. The van der Waals surface area contributed by atoms with Crippen molar-refractivity contribution < 1.29 is 4.39 Å². The van der Waals surface area contributed by atoms with E-state index >= 15 is 0 Å². The van der Waals surface area contributed by atoms with Gasteiger partial charge in [-0.15, -0.1) is 0 Å². The maximum Gasteiger partial charge on any atom is 0.114 e. The number of nitrogens with one attached hydrogen (secondary N) is 1. The van der Waals surface area contributed by atoms with Crippen molar-refractivity contribution >= 4 is 0 Å². The molecule has 1 atom stereocenters. The van der Waals surface area contributed by atoms with Gasteiger partial charge in [0.05, 0.1) is 0 Å². The second-order valence-corrected chi connectivity index (χ2v) is 5.25. The van der Waals surface area contributed by atoms with Crippen molar-refractivity contribution in [3.63, 3.8) is 0 Å². The predicted octanol–water partition coefficient (Wildman–Crippen LogP) is 3.30. The van der Waals surface area contributed by atoms with Crippen LogP contribution >= 0.6 is 0 Å². The third kappa shape index (κ3) is 2.28. The van der Waals surface area contributed by atoms with E-state index in [0.717, 1.165) is 6.54 Å². The van der Waals surface area contributed by atoms with Gasteiger partial charge in [0.25, 0.3) is 0 Å². The second-order valence-electron chi connectivity index (χ2n) is 5.25. The number of halogens is 1. The summed E-state index contributed by atoms with van der Waals surface area (Å²) in [6.45, 7) is 1.25. The Labute approximate surface area is 113 Å². The molecule has 0 saturated carbocycles. The lowest BCUT2D eigenvalue weighted by atomic mass is 9.69. The first-order valence-electron chi connectivity index (χ1n) is 6.77. The van der Waals surface area contributed by atoms with Gasteiger partial charge in [-0.25, -0.2) is 4.39 Å². The zero-order valence-corrected chi connectivity index (χ0v) is 10.9. The molecule has 2 aromatic rings. The molecule has 19 heavy (non-hydrogen) atoms. The molecule has 1 aliphatic heterocycles. The van der Waals surface area contributed by atoms with Crippen LogP contribution in [-0.2, 0) is 5.41 Å². The maximum atomic E-state index is 14.0. The highest BCUT2D eigenvalue weighted by Gasteiger charge is 2.39. The Hall–Kier alpha value is -1.67. The van der Waals surface area contributed by atoms with Gasteiger partial charge in [0, 0.05) is 18.5 Å². The summed E-state index contributed by atoms with van der Waals surface area (Å²) in [5, 5.41) is 3.25. The van der Waals surface area contributed by atoms with E-state index in [0.29, 0.717) is 13.0 Å². The van der Waals surface area contributed by atoms with Crippen LogP contribution in [0.4, 0.5) is 4.39 Å². The molecule has 1 nitrogen and oxygen atoms in total. The first-order chi connectivity index (χ1) is 9.31. The average molecular weight is 255 g/mol. The molecular formula is C17H18FN. The van der Waals surface area contributed by atoms with E-state index in [4.69, 9.17) is 0 Å². The molecule has 0 bridgehead atoms. The van der Waals surface area contributed by atoms with E-state index in [-0.39, 0.29) is 5.41 Å². The lowest BCUT2D eigenvalue weighted by Gasteiger charge is -2.40. The third-order valence-electron chi connectivity index (χ3n) is 4.02. The quantitative estimate of drug-likeness (QED) is 0.868. The Bertz CT molecular complexity index is 484. The largest absolute Gasteiger partial charge is 0.313 e. The van der Waals surface area contributed by atoms with E-state index in [1.54, 1.807) is 0 Å². The van der Waals surface area contributed by atoms with Crippen LogP contribution in [0.2, 0.25) is 0 Å². The fourth-order valence-corrected chi connectivity index (χ4v) is 3.09. The van der Waals surface area contributed by atoms with Crippen molar-refractivity contribution in [1.82, 2.24) is 5.32 Å². The van der Waals surface area contributed by atoms with Crippen LogP contribution < -0.4 is 5.32 Å². The summed E-state index contributed by atoms with van der Waals surface area (Å²) in [5.41, 5.74) is 2.13. The van der Waals surface area contributed by atoms with Gasteiger partial charge in [-0.2, -0.15) is 0 Å². The van der Waals surface area contributed by atoms with Gasteiger partial charge in [0.1, 0.15) is 6.17 Å². The Morgan fingerprint density at radius 3 is 1.89 bits per heavy atom. The summed E-state index contributed by atoms with van der Waals surface area (Å²) >= 11 is 0. The van der Waals surface area contributed by atoms with Crippen molar-refractivity contribution in [3.8, 4) is 0 Å². The molecule has 0 radical (unpaired) electrons. The summed E-state index contributed by atoms with van der Waals surface area (Å²) in [6, 6.07) is 20.5. The van der Waals surface area contributed by atoms with Gasteiger partial charge >= 0.3 is 0 Å². The first kappa shape index (κ1) is 12.4. The number of alkyl halides is 1. The van der Waals surface area contributed by atoms with Crippen molar-refractivity contribution in [2.75, 3.05) is 13.1 Å². The summed E-state index contributed by atoms with van der Waals surface area (Å²) < 4.78 is 14.0. The van der Waals surface area contributed by atoms with Gasteiger partial charge in [-0.3, -0.25) is 0 Å². The molecule has 2 heteroatoms. The van der Waals surface area contributed by atoms with Crippen molar-refractivity contribution in [2.24, 2.45) is 0 Å². The SMILES string of the molecule is FC1CNCC(c2ccccc2)(c2ccccc2)C1. The first-order valence-corrected chi connectivity index (χ1v) is 6.77. The van der Waals surface area contributed by atoms with Gasteiger partial charge in [-0.05, 0) is 17.5 Å². The van der Waals surface area contributed by atoms with Crippen LogP contribution in [0, 0.1) is 0 Å². The number of hydrogen-bond donors (Lipinski definition) is 1. The highest BCUT2D eigenvalue weighted by Crippen LogP contribution is 2.38. The molecule has 0 amide bonds. The van der Waals surface area contributed by atoms with Gasteiger partial charge in [-0.1, -0.05) is 60.7 Å². The highest BCUT2D eigenvalue weighted by molar-refractivity contribution is 5.40. The molecule has 2 aromatic carbocycles. The molecule has 3 rings (SSSR count). The summed E-state index contributed by atoms with van der Waals surface area (Å²) in [5.74, 6) is 0. The van der Waals surface area contributed by atoms with E-state index in [2.05, 4.69) is 29.6 Å². The molecule has 98 valence electrons. The molecule has 1 N–H and O–H groups in total. The molecule has 0 spiro atoms. The molecule has 1 aliphatic rings. The zero-order valence-electron chi connectivity index (χ0n) is 10.9. The zero-order chi connectivity index (χ0) is 13.1.